The molecule has 1 aliphatic rings. The van der Waals surface area contributed by atoms with Gasteiger partial charge in [0.15, 0.2) is 6.10 Å². The van der Waals surface area contributed by atoms with Crippen molar-refractivity contribution in [2.45, 2.75) is 12.6 Å². The van der Waals surface area contributed by atoms with Gasteiger partial charge in [-0.3, -0.25) is 0 Å². The molecule has 2 rings (SSSR count). The monoisotopic (exact) mass is 289 g/mol. The molecule has 1 aromatic carbocycles. The van der Waals surface area contributed by atoms with E-state index in [9.17, 15) is 9.59 Å². The van der Waals surface area contributed by atoms with Gasteiger partial charge in [0.2, 0.25) is 0 Å². The Balaban J connectivity index is 1.86. The molecule has 7 nitrogen and oxygen atoms in total. The van der Waals surface area contributed by atoms with Crippen LogP contribution in [0, 0.1) is 11.3 Å². The summed E-state index contributed by atoms with van der Waals surface area (Å²) in [5.74, 6) is -0.985. The molecule has 1 saturated heterocycles. The number of carboxylic acids is 1. The van der Waals surface area contributed by atoms with Gasteiger partial charge in [-0.15, -0.1) is 0 Å². The van der Waals surface area contributed by atoms with Gasteiger partial charge in [-0.05, 0) is 17.7 Å². The largest absolute Gasteiger partial charge is 0.478 e. The molecular formula is C14H15N3O4. The number of carboxylic acid groups (broad SMARTS) is 1. The molecule has 0 spiro atoms. The Morgan fingerprint density at radius 1 is 1.43 bits per heavy atom. The van der Waals surface area contributed by atoms with Crippen LogP contribution in [-0.2, 0) is 11.3 Å². The number of morpholine rings is 1. The minimum Gasteiger partial charge on any atom is -0.478 e. The van der Waals surface area contributed by atoms with Gasteiger partial charge in [-0.1, -0.05) is 12.1 Å². The van der Waals surface area contributed by atoms with Crippen molar-refractivity contribution in [1.82, 2.24) is 10.2 Å². The molecule has 1 aliphatic heterocycles. The fraction of sp³-hybridized carbons (Fsp3) is 0.357. The lowest BCUT2D eigenvalue weighted by molar-refractivity contribution is 0.0157. The number of amides is 2. The Hall–Kier alpha value is -2.59. The summed E-state index contributed by atoms with van der Waals surface area (Å²) in [5.41, 5.74) is 1.01. The molecule has 1 aromatic rings. The van der Waals surface area contributed by atoms with Crippen LogP contribution < -0.4 is 5.32 Å². The lowest BCUT2D eigenvalue weighted by Gasteiger charge is -2.29. The van der Waals surface area contributed by atoms with E-state index in [1.807, 2.05) is 6.07 Å². The molecular weight excluding hydrogens is 274 g/mol. The second-order valence-electron chi connectivity index (χ2n) is 4.60. The number of benzene rings is 1. The second kappa shape index (κ2) is 6.72. The number of hydrogen-bond acceptors (Lipinski definition) is 4. The van der Waals surface area contributed by atoms with Crippen molar-refractivity contribution in [2.24, 2.45) is 0 Å². The van der Waals surface area contributed by atoms with Crippen LogP contribution in [0.1, 0.15) is 15.9 Å². The number of nitriles is 1. The zero-order chi connectivity index (χ0) is 15.2. The maximum absolute atomic E-state index is 12.0. The Kier molecular flexibility index (Phi) is 4.74. The quantitative estimate of drug-likeness (QED) is 0.857. The molecule has 1 heterocycles. The molecule has 0 radical (unpaired) electrons. The smallest absolute Gasteiger partial charge is 0.335 e. The second-order valence-corrected chi connectivity index (χ2v) is 4.60. The molecule has 1 unspecified atom stereocenters. The minimum absolute atomic E-state index is 0.204. The summed E-state index contributed by atoms with van der Waals surface area (Å²) in [5, 5.41) is 20.3. The standard InChI is InChI=1S/C14H15N3O4/c15-7-12-9-17(5-6-21-12)14(20)16-8-10-1-3-11(4-2-10)13(18)19/h1-4,12H,5-6,8-9H2,(H,16,20)(H,18,19). The third kappa shape index (κ3) is 3.94. The molecule has 110 valence electrons. The average Bonchev–Trinajstić information content (AvgIpc) is 2.53. The van der Waals surface area contributed by atoms with Crippen molar-refractivity contribution in [1.29, 1.82) is 5.26 Å². The van der Waals surface area contributed by atoms with Gasteiger partial charge in [0.25, 0.3) is 0 Å². The van der Waals surface area contributed by atoms with Crippen LogP contribution in [0.2, 0.25) is 0 Å². The number of ether oxygens (including phenoxy) is 1. The van der Waals surface area contributed by atoms with Crippen LogP contribution in [0.3, 0.4) is 0 Å². The zero-order valence-corrected chi connectivity index (χ0v) is 11.3. The minimum atomic E-state index is -0.985. The van der Waals surface area contributed by atoms with E-state index >= 15 is 0 Å². The molecule has 1 fully saturated rings. The van der Waals surface area contributed by atoms with Gasteiger partial charge in [0.05, 0.1) is 24.8 Å². The van der Waals surface area contributed by atoms with Crippen molar-refractivity contribution in [3.63, 3.8) is 0 Å². The number of aromatic carboxylic acids is 1. The summed E-state index contributed by atoms with van der Waals surface area (Å²) in [4.78, 5) is 24.2. The third-order valence-corrected chi connectivity index (χ3v) is 3.14. The van der Waals surface area contributed by atoms with E-state index in [1.54, 1.807) is 12.1 Å². The highest BCUT2D eigenvalue weighted by molar-refractivity contribution is 5.87. The van der Waals surface area contributed by atoms with Gasteiger partial charge >= 0.3 is 12.0 Å². The summed E-state index contributed by atoms with van der Waals surface area (Å²) in [6.45, 7) is 1.34. The van der Waals surface area contributed by atoms with Gasteiger partial charge in [0, 0.05) is 13.1 Å². The summed E-state index contributed by atoms with van der Waals surface area (Å²) in [6, 6.07) is 8.01. The lowest BCUT2D eigenvalue weighted by Crippen LogP contribution is -2.49. The summed E-state index contributed by atoms with van der Waals surface area (Å²) < 4.78 is 5.17. The van der Waals surface area contributed by atoms with Gasteiger partial charge in [-0.25, -0.2) is 9.59 Å². The number of hydrogen-bond donors (Lipinski definition) is 2. The van der Waals surface area contributed by atoms with Crippen molar-refractivity contribution in [3.05, 3.63) is 35.4 Å². The van der Waals surface area contributed by atoms with Gasteiger partial charge < -0.3 is 20.1 Å². The van der Waals surface area contributed by atoms with E-state index in [1.165, 1.54) is 17.0 Å². The number of rotatable bonds is 3. The van der Waals surface area contributed by atoms with Gasteiger partial charge in [-0.2, -0.15) is 5.26 Å². The van der Waals surface area contributed by atoms with E-state index < -0.39 is 12.1 Å². The normalized spacial score (nSPS) is 17.9. The predicted octanol–water partition coefficient (Wildman–Crippen LogP) is 0.819. The molecule has 21 heavy (non-hydrogen) atoms. The fourth-order valence-electron chi connectivity index (χ4n) is 1.97. The van der Waals surface area contributed by atoms with E-state index in [0.717, 1.165) is 5.56 Å². The number of nitrogens with zero attached hydrogens (tertiary/aromatic N) is 2. The summed E-state index contributed by atoms with van der Waals surface area (Å²) in [6.07, 6.45) is -0.584. The van der Waals surface area contributed by atoms with Crippen LogP contribution in [0.25, 0.3) is 0 Å². The number of nitrogens with one attached hydrogen (secondary N) is 1. The first-order valence-electron chi connectivity index (χ1n) is 6.46. The number of carbonyl (C=O) groups excluding carboxylic acids is 1. The Morgan fingerprint density at radius 3 is 2.76 bits per heavy atom. The van der Waals surface area contributed by atoms with Crippen LogP contribution in [0.15, 0.2) is 24.3 Å². The Bertz CT molecular complexity index is 565. The number of urea groups is 1. The van der Waals surface area contributed by atoms with Crippen molar-refractivity contribution < 1.29 is 19.4 Å². The third-order valence-electron chi connectivity index (χ3n) is 3.14. The highest BCUT2D eigenvalue weighted by atomic mass is 16.5. The van der Waals surface area contributed by atoms with Crippen LogP contribution >= 0.6 is 0 Å². The first-order valence-corrected chi connectivity index (χ1v) is 6.46. The van der Waals surface area contributed by atoms with E-state index in [4.69, 9.17) is 15.1 Å². The first kappa shape index (κ1) is 14.8. The fourth-order valence-corrected chi connectivity index (χ4v) is 1.97. The summed E-state index contributed by atoms with van der Waals surface area (Å²) in [7, 11) is 0. The Labute approximate surface area is 121 Å². The molecule has 2 amide bonds. The molecule has 0 saturated carbocycles. The molecule has 7 heteroatoms. The lowest BCUT2D eigenvalue weighted by atomic mass is 10.1. The zero-order valence-electron chi connectivity index (χ0n) is 11.3. The van der Waals surface area contributed by atoms with Crippen molar-refractivity contribution >= 4 is 12.0 Å². The predicted molar refractivity (Wildman–Crippen MR) is 72.6 cm³/mol. The average molecular weight is 289 g/mol. The molecule has 0 aliphatic carbocycles. The maximum Gasteiger partial charge on any atom is 0.335 e. The summed E-state index contributed by atoms with van der Waals surface area (Å²) >= 11 is 0. The van der Waals surface area contributed by atoms with Crippen molar-refractivity contribution in [2.75, 3.05) is 19.7 Å². The maximum atomic E-state index is 12.0. The topological polar surface area (TPSA) is 103 Å². The first-order chi connectivity index (χ1) is 10.1. The molecule has 0 bridgehead atoms. The highest BCUT2D eigenvalue weighted by Gasteiger charge is 2.23. The highest BCUT2D eigenvalue weighted by Crippen LogP contribution is 2.07. The van der Waals surface area contributed by atoms with Gasteiger partial charge in [0.1, 0.15) is 0 Å². The number of carbonyl (C=O) groups is 2. The molecule has 0 aromatic heterocycles. The van der Waals surface area contributed by atoms with E-state index in [2.05, 4.69) is 5.32 Å². The van der Waals surface area contributed by atoms with Crippen LogP contribution in [-0.4, -0.2) is 47.8 Å². The molecule has 2 N–H and O–H groups in total. The van der Waals surface area contributed by atoms with Crippen molar-refractivity contribution in [3.8, 4) is 6.07 Å². The molecule has 1 atom stereocenters. The Morgan fingerprint density at radius 2 is 2.14 bits per heavy atom. The van der Waals surface area contributed by atoms with Crippen LogP contribution in [0.5, 0.6) is 0 Å². The SMILES string of the molecule is N#CC1CN(C(=O)NCc2ccc(C(=O)O)cc2)CCO1. The van der Waals surface area contributed by atoms with E-state index in [-0.39, 0.29) is 18.1 Å². The van der Waals surface area contributed by atoms with E-state index in [0.29, 0.717) is 19.7 Å². The van der Waals surface area contributed by atoms with Crippen LogP contribution in [0.4, 0.5) is 4.79 Å².